The van der Waals surface area contributed by atoms with Crippen molar-refractivity contribution in [3.8, 4) is 0 Å². The highest BCUT2D eigenvalue weighted by Gasteiger charge is 2.19. The van der Waals surface area contributed by atoms with Crippen molar-refractivity contribution in [3.63, 3.8) is 0 Å². The third kappa shape index (κ3) is 4.42. The van der Waals surface area contributed by atoms with Crippen LogP contribution in [0, 0.1) is 13.8 Å². The monoisotopic (exact) mass is 400 g/mol. The molecule has 2 heterocycles. The SMILES string of the molecule is Cc1sc2nc(SC(C)C(=O)NCC(C)c3ccccc3)nc(N)c2c1C. The van der Waals surface area contributed by atoms with Crippen LogP contribution in [0.15, 0.2) is 35.5 Å². The number of nitrogens with two attached hydrogens (primary N) is 1. The topological polar surface area (TPSA) is 80.9 Å². The molecule has 5 nitrogen and oxygen atoms in total. The molecular formula is C20H24N4OS2. The molecule has 0 aliphatic carbocycles. The maximum Gasteiger partial charge on any atom is 0.233 e. The van der Waals surface area contributed by atoms with Crippen LogP contribution in [0.2, 0.25) is 0 Å². The molecule has 3 N–H and O–H groups in total. The summed E-state index contributed by atoms with van der Waals surface area (Å²) in [5.41, 5.74) is 8.47. The molecule has 0 saturated carbocycles. The lowest BCUT2D eigenvalue weighted by atomic mass is 10.0. The van der Waals surface area contributed by atoms with Crippen LogP contribution >= 0.6 is 23.1 Å². The third-order valence-corrected chi connectivity index (χ3v) is 6.70. The largest absolute Gasteiger partial charge is 0.383 e. The number of nitrogens with zero attached hydrogens (tertiary/aromatic N) is 2. The summed E-state index contributed by atoms with van der Waals surface area (Å²) in [7, 11) is 0. The Kier molecular flexibility index (Phi) is 6.01. The predicted molar refractivity (Wildman–Crippen MR) is 114 cm³/mol. The number of fused-ring (bicyclic) bond motifs is 1. The minimum Gasteiger partial charge on any atom is -0.383 e. The molecule has 0 radical (unpaired) electrons. The lowest BCUT2D eigenvalue weighted by Gasteiger charge is -2.15. The zero-order chi connectivity index (χ0) is 19.6. The van der Waals surface area contributed by atoms with Gasteiger partial charge in [0, 0.05) is 11.4 Å². The first-order valence-electron chi connectivity index (χ1n) is 8.89. The number of amides is 1. The Hall–Kier alpha value is -2.12. The molecule has 0 bridgehead atoms. The number of anilines is 1. The second-order valence-electron chi connectivity index (χ2n) is 6.67. The predicted octanol–water partition coefficient (Wildman–Crippen LogP) is 4.29. The standard InChI is InChI=1S/C20H24N4OS2/c1-11(15-8-6-5-7-9-15)10-22-18(25)14(4)27-20-23-17(21)16-12(2)13(3)26-19(16)24-20/h5-9,11,14H,10H2,1-4H3,(H,22,25)(H2,21,23,24). The summed E-state index contributed by atoms with van der Waals surface area (Å²) in [5, 5.41) is 4.19. The zero-order valence-corrected chi connectivity index (χ0v) is 17.6. The fraction of sp³-hybridized carbons (Fsp3) is 0.350. The molecule has 2 aromatic heterocycles. The number of hydrogen-bond donors (Lipinski definition) is 2. The van der Waals surface area contributed by atoms with Crippen LogP contribution in [-0.2, 0) is 4.79 Å². The maximum absolute atomic E-state index is 12.5. The van der Waals surface area contributed by atoms with Crippen molar-refractivity contribution in [1.29, 1.82) is 0 Å². The van der Waals surface area contributed by atoms with Crippen molar-refractivity contribution in [2.45, 2.75) is 44.0 Å². The molecule has 2 unspecified atom stereocenters. The summed E-state index contributed by atoms with van der Waals surface area (Å²) in [4.78, 5) is 23.5. The first kappa shape index (κ1) is 19.6. The second kappa shape index (κ2) is 8.27. The van der Waals surface area contributed by atoms with Gasteiger partial charge in [0.1, 0.15) is 10.6 Å². The number of nitrogens with one attached hydrogen (secondary N) is 1. The number of nitrogen functional groups attached to an aromatic ring is 1. The van der Waals surface area contributed by atoms with Crippen molar-refractivity contribution < 1.29 is 4.79 Å². The number of carbonyl (C=O) groups excluding carboxylic acids is 1. The Labute approximate surface area is 167 Å². The van der Waals surface area contributed by atoms with E-state index in [-0.39, 0.29) is 17.1 Å². The molecule has 0 saturated heterocycles. The smallest absolute Gasteiger partial charge is 0.233 e. The van der Waals surface area contributed by atoms with Gasteiger partial charge in [-0.25, -0.2) is 9.97 Å². The van der Waals surface area contributed by atoms with Gasteiger partial charge in [-0.15, -0.1) is 11.3 Å². The van der Waals surface area contributed by atoms with E-state index < -0.39 is 0 Å². The van der Waals surface area contributed by atoms with Gasteiger partial charge in [-0.2, -0.15) is 0 Å². The van der Waals surface area contributed by atoms with E-state index >= 15 is 0 Å². The minimum atomic E-state index is -0.299. The fourth-order valence-electron chi connectivity index (χ4n) is 2.82. The van der Waals surface area contributed by atoms with Gasteiger partial charge in [0.25, 0.3) is 0 Å². The average molecular weight is 401 g/mol. The van der Waals surface area contributed by atoms with E-state index in [1.165, 1.54) is 22.2 Å². The Bertz CT molecular complexity index is 956. The molecule has 27 heavy (non-hydrogen) atoms. The number of benzene rings is 1. The van der Waals surface area contributed by atoms with Gasteiger partial charge < -0.3 is 11.1 Å². The zero-order valence-electron chi connectivity index (χ0n) is 15.9. The lowest BCUT2D eigenvalue weighted by molar-refractivity contribution is -0.120. The summed E-state index contributed by atoms with van der Waals surface area (Å²) in [6.07, 6.45) is 0. The number of carbonyl (C=O) groups is 1. The molecular weight excluding hydrogens is 376 g/mol. The van der Waals surface area contributed by atoms with Crippen LogP contribution in [0.1, 0.15) is 35.8 Å². The summed E-state index contributed by atoms with van der Waals surface area (Å²) in [5.74, 6) is 0.714. The number of aromatic nitrogens is 2. The number of aryl methyl sites for hydroxylation is 2. The molecule has 7 heteroatoms. The Morgan fingerprint density at radius 3 is 2.63 bits per heavy atom. The number of hydrogen-bond acceptors (Lipinski definition) is 6. The van der Waals surface area contributed by atoms with Crippen molar-refractivity contribution in [1.82, 2.24) is 15.3 Å². The summed E-state index contributed by atoms with van der Waals surface area (Å²) >= 11 is 2.95. The number of thiophene rings is 1. The van der Waals surface area contributed by atoms with Crippen LogP contribution < -0.4 is 11.1 Å². The van der Waals surface area contributed by atoms with Gasteiger partial charge in [-0.05, 0) is 37.8 Å². The highest BCUT2D eigenvalue weighted by atomic mass is 32.2. The molecule has 2 atom stereocenters. The average Bonchev–Trinajstić information content (AvgIpc) is 2.94. The van der Waals surface area contributed by atoms with Gasteiger partial charge in [0.15, 0.2) is 5.16 Å². The molecule has 0 aliphatic heterocycles. The van der Waals surface area contributed by atoms with Gasteiger partial charge in [0.2, 0.25) is 5.91 Å². The van der Waals surface area contributed by atoms with E-state index in [0.717, 1.165) is 15.8 Å². The second-order valence-corrected chi connectivity index (χ2v) is 9.18. The Morgan fingerprint density at radius 1 is 1.22 bits per heavy atom. The molecule has 0 aliphatic rings. The highest BCUT2D eigenvalue weighted by molar-refractivity contribution is 8.00. The third-order valence-electron chi connectivity index (χ3n) is 4.64. The van der Waals surface area contributed by atoms with Crippen molar-refractivity contribution in [2.24, 2.45) is 0 Å². The molecule has 0 fully saturated rings. The molecule has 1 amide bonds. The molecule has 142 valence electrons. The quantitative estimate of drug-likeness (QED) is 0.476. The summed E-state index contributed by atoms with van der Waals surface area (Å²) in [6, 6.07) is 10.2. The Morgan fingerprint density at radius 2 is 1.93 bits per heavy atom. The van der Waals surface area contributed by atoms with Crippen LogP contribution in [0.5, 0.6) is 0 Å². The van der Waals surface area contributed by atoms with Crippen molar-refractivity contribution >= 4 is 45.0 Å². The van der Waals surface area contributed by atoms with E-state index in [4.69, 9.17) is 5.73 Å². The summed E-state index contributed by atoms with van der Waals surface area (Å²) in [6.45, 7) is 8.65. The fourth-order valence-corrected chi connectivity index (χ4v) is 4.72. The van der Waals surface area contributed by atoms with Crippen LogP contribution in [-0.4, -0.2) is 27.7 Å². The highest BCUT2D eigenvalue weighted by Crippen LogP contribution is 2.34. The van der Waals surface area contributed by atoms with Gasteiger partial charge in [-0.3, -0.25) is 4.79 Å². The number of thioether (sulfide) groups is 1. The van der Waals surface area contributed by atoms with E-state index in [0.29, 0.717) is 17.5 Å². The van der Waals surface area contributed by atoms with Gasteiger partial charge >= 0.3 is 0 Å². The van der Waals surface area contributed by atoms with E-state index in [2.05, 4.69) is 41.3 Å². The number of rotatable bonds is 6. The van der Waals surface area contributed by atoms with Crippen LogP contribution in [0.3, 0.4) is 0 Å². The molecule has 3 aromatic rings. The van der Waals surface area contributed by atoms with Gasteiger partial charge in [-0.1, -0.05) is 49.0 Å². The van der Waals surface area contributed by atoms with Crippen LogP contribution in [0.25, 0.3) is 10.2 Å². The van der Waals surface area contributed by atoms with Crippen LogP contribution in [0.4, 0.5) is 5.82 Å². The van der Waals surface area contributed by atoms with E-state index in [1.54, 1.807) is 11.3 Å². The van der Waals surface area contributed by atoms with Crippen molar-refractivity contribution in [3.05, 3.63) is 46.3 Å². The molecule has 1 aromatic carbocycles. The summed E-state index contributed by atoms with van der Waals surface area (Å²) < 4.78 is 0. The normalized spacial score (nSPS) is 13.5. The van der Waals surface area contributed by atoms with E-state index in [9.17, 15) is 4.79 Å². The minimum absolute atomic E-state index is 0.0245. The van der Waals surface area contributed by atoms with E-state index in [1.807, 2.05) is 32.0 Å². The maximum atomic E-state index is 12.5. The van der Waals surface area contributed by atoms with Gasteiger partial charge in [0.05, 0.1) is 10.6 Å². The molecule has 0 spiro atoms. The Balaban J connectivity index is 1.63. The molecule has 3 rings (SSSR count). The first-order chi connectivity index (χ1) is 12.9. The first-order valence-corrected chi connectivity index (χ1v) is 10.6. The van der Waals surface area contributed by atoms with Crippen molar-refractivity contribution in [2.75, 3.05) is 12.3 Å². The lowest BCUT2D eigenvalue weighted by Crippen LogP contribution is -2.33.